The molecule has 3 aliphatic rings. The highest BCUT2D eigenvalue weighted by Gasteiger charge is 2.59. The number of hydrogen-bond acceptors (Lipinski definition) is 3. The van der Waals surface area contributed by atoms with E-state index in [4.69, 9.17) is 4.74 Å². The number of benzene rings is 2. The average molecular weight is 374 g/mol. The topological polar surface area (TPSA) is 41.9 Å². The number of amides is 1. The van der Waals surface area contributed by atoms with Crippen LogP contribution in [-0.4, -0.2) is 36.7 Å². The van der Waals surface area contributed by atoms with Crippen LogP contribution < -0.4 is 0 Å². The number of piperidine rings is 1. The molecule has 1 aliphatic carbocycles. The average Bonchev–Trinajstić information content (AvgIpc) is 3.16. The number of fused-ring (bicyclic) bond motifs is 5. The number of carbonyl (C=O) groups is 1. The van der Waals surface area contributed by atoms with Crippen molar-refractivity contribution in [2.45, 2.75) is 44.8 Å². The van der Waals surface area contributed by atoms with Gasteiger partial charge in [0.2, 0.25) is 0 Å². The molecule has 4 nitrogen and oxygen atoms in total. The van der Waals surface area contributed by atoms with E-state index in [-0.39, 0.29) is 23.0 Å². The highest BCUT2D eigenvalue weighted by Crippen LogP contribution is 2.56. The molecular weight excluding hydrogens is 348 g/mol. The van der Waals surface area contributed by atoms with Crippen molar-refractivity contribution in [3.05, 3.63) is 64.7 Å². The molecule has 2 aromatic carbocycles. The Bertz CT molecular complexity index is 994. The van der Waals surface area contributed by atoms with Gasteiger partial charge in [0, 0.05) is 43.3 Å². The van der Waals surface area contributed by atoms with Crippen LogP contribution in [0, 0.1) is 5.41 Å². The Labute approximate surface area is 166 Å². The molecule has 2 aromatic rings. The molecule has 0 N–H and O–H groups in total. The van der Waals surface area contributed by atoms with Gasteiger partial charge in [-0.3, -0.25) is 9.79 Å². The first-order chi connectivity index (χ1) is 13.5. The van der Waals surface area contributed by atoms with Crippen molar-refractivity contribution in [3.8, 4) is 0 Å². The van der Waals surface area contributed by atoms with Crippen LogP contribution in [0.5, 0.6) is 0 Å². The van der Waals surface area contributed by atoms with Crippen molar-refractivity contribution in [2.24, 2.45) is 10.4 Å². The fraction of sp³-hybridized carbons (Fsp3) is 0.417. The van der Waals surface area contributed by atoms with Gasteiger partial charge in [-0.2, -0.15) is 0 Å². The minimum atomic E-state index is -0.352. The van der Waals surface area contributed by atoms with Crippen molar-refractivity contribution in [1.29, 1.82) is 0 Å². The first-order valence-electron chi connectivity index (χ1n) is 10.1. The van der Waals surface area contributed by atoms with Gasteiger partial charge in [-0.25, -0.2) is 0 Å². The quantitative estimate of drug-likeness (QED) is 0.787. The molecule has 0 spiro atoms. The molecule has 1 saturated heterocycles. The smallest absolute Gasteiger partial charge is 0.254 e. The van der Waals surface area contributed by atoms with E-state index < -0.39 is 0 Å². The van der Waals surface area contributed by atoms with Gasteiger partial charge in [0.25, 0.3) is 5.91 Å². The Morgan fingerprint density at radius 3 is 2.82 bits per heavy atom. The Balaban J connectivity index is 1.55. The van der Waals surface area contributed by atoms with Crippen molar-refractivity contribution < 1.29 is 9.53 Å². The molecule has 4 heteroatoms. The lowest BCUT2D eigenvalue weighted by Gasteiger charge is -2.60. The third-order valence-electron chi connectivity index (χ3n) is 7.30. The van der Waals surface area contributed by atoms with Crippen LogP contribution in [-0.2, 0) is 23.2 Å². The van der Waals surface area contributed by atoms with Crippen molar-refractivity contribution >= 4 is 17.8 Å². The van der Waals surface area contributed by atoms with Crippen LogP contribution in [0.1, 0.15) is 47.3 Å². The van der Waals surface area contributed by atoms with Gasteiger partial charge in [-0.05, 0) is 47.7 Å². The molecule has 144 valence electrons. The SMILES string of the molecule is COC12CCN(C(=O)c3ccc4c(c3)CC=N4)C(Cc3ccccc31)C2(C)C. The molecule has 2 heterocycles. The Morgan fingerprint density at radius 2 is 2.00 bits per heavy atom. The van der Waals surface area contributed by atoms with E-state index in [1.165, 1.54) is 11.1 Å². The summed E-state index contributed by atoms with van der Waals surface area (Å²) in [6, 6.07) is 14.6. The molecule has 1 fully saturated rings. The maximum absolute atomic E-state index is 13.5. The van der Waals surface area contributed by atoms with Crippen LogP contribution in [0.4, 0.5) is 5.69 Å². The van der Waals surface area contributed by atoms with Crippen LogP contribution in [0.3, 0.4) is 0 Å². The van der Waals surface area contributed by atoms with Gasteiger partial charge in [0.1, 0.15) is 5.60 Å². The van der Waals surface area contributed by atoms with Crippen molar-refractivity contribution in [2.75, 3.05) is 13.7 Å². The Kier molecular flexibility index (Phi) is 3.79. The summed E-state index contributed by atoms with van der Waals surface area (Å²) in [5.74, 6) is 0.122. The number of hydrogen-bond donors (Lipinski definition) is 0. The minimum absolute atomic E-state index is 0.105. The van der Waals surface area contributed by atoms with Crippen LogP contribution in [0.2, 0.25) is 0 Å². The first-order valence-corrected chi connectivity index (χ1v) is 10.1. The van der Waals surface area contributed by atoms with Crippen LogP contribution in [0.15, 0.2) is 47.5 Å². The number of nitrogens with zero attached hydrogens (tertiary/aromatic N) is 2. The summed E-state index contributed by atoms with van der Waals surface area (Å²) in [7, 11) is 1.82. The second-order valence-corrected chi connectivity index (χ2v) is 8.74. The summed E-state index contributed by atoms with van der Waals surface area (Å²) in [4.78, 5) is 20.0. The largest absolute Gasteiger partial charge is 0.373 e. The fourth-order valence-electron chi connectivity index (χ4n) is 5.70. The molecule has 1 amide bonds. The standard InChI is InChI=1S/C24H26N2O2/c1-23(2)21-15-16-6-4-5-7-19(16)24(23,28-3)11-13-26(21)22(27)18-8-9-20-17(14-18)10-12-25-20/h4-9,12,14,21H,10-11,13,15H2,1-3H3. The summed E-state index contributed by atoms with van der Waals surface area (Å²) < 4.78 is 6.23. The van der Waals surface area contributed by atoms with Gasteiger partial charge in [0.15, 0.2) is 0 Å². The molecule has 5 rings (SSSR count). The molecule has 2 atom stereocenters. The highest BCUT2D eigenvalue weighted by atomic mass is 16.5. The van der Waals surface area contributed by atoms with Gasteiger partial charge < -0.3 is 9.64 Å². The molecule has 2 unspecified atom stereocenters. The van der Waals surface area contributed by atoms with E-state index >= 15 is 0 Å². The second kappa shape index (κ2) is 6.02. The van der Waals surface area contributed by atoms with Gasteiger partial charge in [-0.1, -0.05) is 38.1 Å². The first kappa shape index (κ1) is 17.6. The lowest BCUT2D eigenvalue weighted by atomic mass is 9.56. The summed E-state index contributed by atoms with van der Waals surface area (Å²) in [5.41, 5.74) is 4.96. The molecular formula is C24H26N2O2. The monoisotopic (exact) mass is 374 g/mol. The van der Waals surface area contributed by atoms with E-state index in [1.54, 1.807) is 0 Å². The number of rotatable bonds is 2. The minimum Gasteiger partial charge on any atom is -0.373 e. The summed E-state index contributed by atoms with van der Waals surface area (Å²) in [6.45, 7) is 5.23. The van der Waals surface area contributed by atoms with E-state index in [9.17, 15) is 4.79 Å². The van der Waals surface area contributed by atoms with E-state index in [0.29, 0.717) is 6.54 Å². The van der Waals surface area contributed by atoms with E-state index in [0.717, 1.165) is 36.1 Å². The third-order valence-corrected chi connectivity index (χ3v) is 7.30. The Hall–Kier alpha value is -2.46. The molecule has 0 saturated carbocycles. The molecule has 2 aliphatic heterocycles. The van der Waals surface area contributed by atoms with Gasteiger partial charge in [-0.15, -0.1) is 0 Å². The second-order valence-electron chi connectivity index (χ2n) is 8.74. The number of methoxy groups -OCH3 is 1. The zero-order valence-corrected chi connectivity index (χ0v) is 16.7. The third kappa shape index (κ3) is 2.21. The maximum atomic E-state index is 13.5. The fourth-order valence-corrected chi connectivity index (χ4v) is 5.70. The lowest BCUT2D eigenvalue weighted by Crippen LogP contribution is -2.66. The summed E-state index contributed by atoms with van der Waals surface area (Å²) >= 11 is 0. The number of likely N-dealkylation sites (tertiary alicyclic amines) is 1. The lowest BCUT2D eigenvalue weighted by molar-refractivity contribution is -0.175. The molecule has 2 bridgehead atoms. The molecule has 28 heavy (non-hydrogen) atoms. The number of ether oxygens (including phenoxy) is 1. The van der Waals surface area contributed by atoms with E-state index in [2.05, 4.69) is 48.0 Å². The Morgan fingerprint density at radius 1 is 1.18 bits per heavy atom. The van der Waals surface area contributed by atoms with Gasteiger partial charge >= 0.3 is 0 Å². The zero-order chi connectivity index (χ0) is 19.5. The zero-order valence-electron chi connectivity index (χ0n) is 16.7. The van der Waals surface area contributed by atoms with E-state index in [1.807, 2.05) is 31.5 Å². The predicted molar refractivity (Wildman–Crippen MR) is 110 cm³/mol. The number of carbonyl (C=O) groups excluding carboxylic acids is 1. The normalized spacial score (nSPS) is 26.7. The molecule has 0 radical (unpaired) electrons. The number of aliphatic imine (C=N–C) groups is 1. The van der Waals surface area contributed by atoms with Crippen LogP contribution >= 0.6 is 0 Å². The van der Waals surface area contributed by atoms with Crippen LogP contribution in [0.25, 0.3) is 0 Å². The highest BCUT2D eigenvalue weighted by molar-refractivity contribution is 5.96. The predicted octanol–water partition coefficient (Wildman–Crippen LogP) is 4.28. The summed E-state index contributed by atoms with van der Waals surface area (Å²) in [5, 5.41) is 0. The van der Waals surface area contributed by atoms with Gasteiger partial charge in [0.05, 0.1) is 5.69 Å². The maximum Gasteiger partial charge on any atom is 0.254 e. The molecule has 0 aromatic heterocycles. The summed E-state index contributed by atoms with van der Waals surface area (Å²) in [6.07, 6.45) is 4.40. The van der Waals surface area contributed by atoms with Crippen molar-refractivity contribution in [3.63, 3.8) is 0 Å². The van der Waals surface area contributed by atoms with Crippen molar-refractivity contribution in [1.82, 2.24) is 4.90 Å².